The van der Waals surface area contributed by atoms with Crippen LogP contribution >= 0.6 is 0 Å². The van der Waals surface area contributed by atoms with Gasteiger partial charge in [-0.25, -0.2) is 0 Å². The lowest BCUT2D eigenvalue weighted by atomic mass is 10.1. The van der Waals surface area contributed by atoms with Crippen molar-refractivity contribution in [1.29, 1.82) is 0 Å². The number of hydrogen-bond donors (Lipinski definition) is 0. The van der Waals surface area contributed by atoms with Crippen LogP contribution in [0.4, 0.5) is 0 Å². The van der Waals surface area contributed by atoms with E-state index in [-0.39, 0.29) is 11.6 Å². The van der Waals surface area contributed by atoms with Crippen molar-refractivity contribution in [3.05, 3.63) is 60.3 Å². The number of Topliss-reactive ketones (excluding diaryl/α,β-unsaturated/α-hetero) is 2. The number of rotatable bonds is 13. The van der Waals surface area contributed by atoms with Crippen LogP contribution in [0.3, 0.4) is 0 Å². The minimum Gasteiger partial charge on any atom is -0.300 e. The molecule has 0 bridgehead atoms. The maximum Gasteiger partial charge on any atom is 0.160 e. The van der Waals surface area contributed by atoms with E-state index in [2.05, 4.69) is 16.4 Å². The number of carbonyl (C=O) groups excluding carboxylic acids is 2. The lowest BCUT2D eigenvalue weighted by Gasteiger charge is -2.34. The Labute approximate surface area is 177 Å². The molecule has 0 N–H and O–H groups in total. The molecule has 1 fully saturated rings. The fourth-order valence-electron chi connectivity index (χ4n) is 3.16. The first-order chi connectivity index (χ1) is 14.0. The first-order valence-electron chi connectivity index (χ1n) is 10.8. The van der Waals surface area contributed by atoms with Gasteiger partial charge in [0.15, 0.2) is 5.78 Å². The van der Waals surface area contributed by atoms with Crippen LogP contribution in [0.2, 0.25) is 0 Å². The minimum atomic E-state index is 0.254. The van der Waals surface area contributed by atoms with E-state index in [0.29, 0.717) is 19.3 Å². The summed E-state index contributed by atoms with van der Waals surface area (Å²) in [5.41, 5.74) is 1.91. The SMILES string of the molecule is C=C(C)/C=C\C=C/CC(=O)CCN1CCN(CCC(=O)/C(=C/C=C\C)CC)CC1. The third kappa shape index (κ3) is 11.5. The van der Waals surface area contributed by atoms with E-state index < -0.39 is 0 Å². The number of hydrogen-bond acceptors (Lipinski definition) is 4. The fraction of sp³-hybridized carbons (Fsp3) is 0.520. The van der Waals surface area contributed by atoms with Gasteiger partial charge in [0.05, 0.1) is 0 Å². The van der Waals surface area contributed by atoms with Gasteiger partial charge in [0.1, 0.15) is 5.78 Å². The molecule has 0 spiro atoms. The van der Waals surface area contributed by atoms with Crippen LogP contribution in [0, 0.1) is 0 Å². The molecule has 0 aromatic rings. The number of carbonyl (C=O) groups is 2. The molecular formula is C25H38N2O2. The van der Waals surface area contributed by atoms with Gasteiger partial charge in [-0.2, -0.15) is 0 Å². The molecule has 29 heavy (non-hydrogen) atoms. The van der Waals surface area contributed by atoms with Gasteiger partial charge in [0.2, 0.25) is 0 Å². The smallest absolute Gasteiger partial charge is 0.160 e. The Morgan fingerprint density at radius 2 is 1.59 bits per heavy atom. The molecule has 160 valence electrons. The highest BCUT2D eigenvalue weighted by atomic mass is 16.1. The molecule has 0 saturated carbocycles. The van der Waals surface area contributed by atoms with Gasteiger partial charge in [0.25, 0.3) is 0 Å². The number of ketones is 2. The van der Waals surface area contributed by atoms with E-state index in [1.807, 2.05) is 63.3 Å². The zero-order chi connectivity index (χ0) is 21.5. The van der Waals surface area contributed by atoms with Crippen LogP contribution < -0.4 is 0 Å². The van der Waals surface area contributed by atoms with Crippen LogP contribution in [0.25, 0.3) is 0 Å². The van der Waals surface area contributed by atoms with Crippen molar-refractivity contribution in [1.82, 2.24) is 9.80 Å². The monoisotopic (exact) mass is 398 g/mol. The van der Waals surface area contributed by atoms with Crippen LogP contribution in [-0.2, 0) is 9.59 Å². The van der Waals surface area contributed by atoms with Gasteiger partial charge in [0, 0.05) is 58.5 Å². The van der Waals surface area contributed by atoms with Crippen LogP contribution in [-0.4, -0.2) is 60.6 Å². The van der Waals surface area contributed by atoms with Gasteiger partial charge < -0.3 is 9.80 Å². The second-order valence-corrected chi connectivity index (χ2v) is 7.55. The molecular weight excluding hydrogens is 360 g/mol. The predicted molar refractivity (Wildman–Crippen MR) is 123 cm³/mol. The molecule has 0 unspecified atom stereocenters. The summed E-state index contributed by atoms with van der Waals surface area (Å²) >= 11 is 0. The molecule has 0 aromatic heterocycles. The molecule has 1 rings (SSSR count). The maximum absolute atomic E-state index is 12.3. The van der Waals surface area contributed by atoms with Gasteiger partial charge >= 0.3 is 0 Å². The molecule has 0 aliphatic carbocycles. The van der Waals surface area contributed by atoms with Crippen LogP contribution in [0.15, 0.2) is 60.3 Å². The molecule has 1 aliphatic heterocycles. The van der Waals surface area contributed by atoms with Crippen molar-refractivity contribution in [3.63, 3.8) is 0 Å². The molecule has 1 heterocycles. The topological polar surface area (TPSA) is 40.6 Å². The summed E-state index contributed by atoms with van der Waals surface area (Å²) in [7, 11) is 0. The summed E-state index contributed by atoms with van der Waals surface area (Å²) in [6, 6.07) is 0. The van der Waals surface area contributed by atoms with E-state index in [0.717, 1.165) is 56.8 Å². The average molecular weight is 399 g/mol. The number of piperazine rings is 1. The zero-order valence-corrected chi connectivity index (χ0v) is 18.5. The van der Waals surface area contributed by atoms with Crippen molar-refractivity contribution in [3.8, 4) is 0 Å². The zero-order valence-electron chi connectivity index (χ0n) is 18.5. The van der Waals surface area contributed by atoms with E-state index >= 15 is 0 Å². The summed E-state index contributed by atoms with van der Waals surface area (Å²) in [5.74, 6) is 0.530. The van der Waals surface area contributed by atoms with Crippen LogP contribution in [0.5, 0.6) is 0 Å². The summed E-state index contributed by atoms with van der Waals surface area (Å²) in [4.78, 5) is 29.1. The van der Waals surface area contributed by atoms with Crippen LogP contribution in [0.1, 0.15) is 46.5 Å². The quantitative estimate of drug-likeness (QED) is 0.338. The molecule has 4 heteroatoms. The molecule has 0 aromatic carbocycles. The van der Waals surface area contributed by atoms with Crippen molar-refractivity contribution in [2.45, 2.75) is 46.5 Å². The Hall–Kier alpha value is -2.04. The number of nitrogens with zero attached hydrogens (tertiary/aromatic N) is 2. The second-order valence-electron chi connectivity index (χ2n) is 7.55. The van der Waals surface area contributed by atoms with Gasteiger partial charge in [-0.05, 0) is 25.8 Å². The third-order valence-corrected chi connectivity index (χ3v) is 5.03. The summed E-state index contributed by atoms with van der Waals surface area (Å²) in [6.45, 7) is 15.2. The van der Waals surface area contributed by atoms with Crippen molar-refractivity contribution < 1.29 is 9.59 Å². The van der Waals surface area contributed by atoms with Crippen molar-refractivity contribution >= 4 is 11.6 Å². The summed E-state index contributed by atoms with van der Waals surface area (Å²) in [5, 5.41) is 0. The Balaban J connectivity index is 2.23. The molecule has 1 aliphatic rings. The van der Waals surface area contributed by atoms with E-state index in [4.69, 9.17) is 0 Å². The molecule has 0 atom stereocenters. The summed E-state index contributed by atoms with van der Waals surface area (Å²) < 4.78 is 0. The Morgan fingerprint density at radius 1 is 0.966 bits per heavy atom. The highest BCUT2D eigenvalue weighted by Crippen LogP contribution is 2.09. The maximum atomic E-state index is 12.3. The normalized spacial score (nSPS) is 17.0. The van der Waals surface area contributed by atoms with Gasteiger partial charge in [-0.1, -0.05) is 61.6 Å². The van der Waals surface area contributed by atoms with Gasteiger partial charge in [-0.15, -0.1) is 0 Å². The lowest BCUT2D eigenvalue weighted by Crippen LogP contribution is -2.47. The third-order valence-electron chi connectivity index (χ3n) is 5.03. The van der Waals surface area contributed by atoms with Crippen molar-refractivity contribution in [2.75, 3.05) is 39.3 Å². The largest absolute Gasteiger partial charge is 0.300 e. The fourth-order valence-corrected chi connectivity index (χ4v) is 3.16. The Kier molecular flexibility index (Phi) is 12.8. The second kappa shape index (κ2) is 14.9. The number of allylic oxidation sites excluding steroid dienone is 9. The molecule has 0 radical (unpaired) electrons. The first kappa shape index (κ1) is 25.0. The highest BCUT2D eigenvalue weighted by Gasteiger charge is 2.18. The Morgan fingerprint density at radius 3 is 2.14 bits per heavy atom. The minimum absolute atomic E-state index is 0.254. The standard InChI is InChI=1S/C25H38N2O2/c1-5-7-12-23(6-2)25(29)15-17-27-20-18-26(19-21-27)16-14-24(28)13-10-8-9-11-22(3)4/h5,7-12H,3,6,13-21H2,1-2,4H3/b7-5-,10-8-,11-9-,23-12+. The van der Waals surface area contributed by atoms with E-state index in [1.54, 1.807) is 0 Å². The van der Waals surface area contributed by atoms with E-state index in [9.17, 15) is 9.59 Å². The van der Waals surface area contributed by atoms with Crippen molar-refractivity contribution in [2.24, 2.45) is 0 Å². The lowest BCUT2D eigenvalue weighted by molar-refractivity contribution is -0.119. The van der Waals surface area contributed by atoms with Gasteiger partial charge in [-0.3, -0.25) is 9.59 Å². The predicted octanol–water partition coefficient (Wildman–Crippen LogP) is 4.51. The molecule has 0 amide bonds. The summed E-state index contributed by atoms with van der Waals surface area (Å²) in [6.07, 6.45) is 15.9. The Bertz CT molecular complexity index is 648. The highest BCUT2D eigenvalue weighted by molar-refractivity contribution is 5.95. The molecule has 4 nitrogen and oxygen atoms in total. The average Bonchev–Trinajstić information content (AvgIpc) is 2.71. The van der Waals surface area contributed by atoms with E-state index in [1.165, 1.54) is 0 Å². The molecule has 1 saturated heterocycles. The first-order valence-corrected chi connectivity index (χ1v) is 10.8.